The Bertz CT molecular complexity index is 967. The fourth-order valence-electron chi connectivity index (χ4n) is 3.62. The van der Waals surface area contributed by atoms with Crippen LogP contribution >= 0.6 is 23.4 Å². The summed E-state index contributed by atoms with van der Waals surface area (Å²) in [7, 11) is 0. The van der Waals surface area contributed by atoms with E-state index >= 15 is 0 Å². The molecular formula is C21H23ClN4O2S. The predicted molar refractivity (Wildman–Crippen MR) is 115 cm³/mol. The van der Waals surface area contributed by atoms with Crippen molar-refractivity contribution in [2.45, 2.75) is 55.5 Å². The molecule has 1 atom stereocenters. The number of thioether (sulfide) groups is 1. The summed E-state index contributed by atoms with van der Waals surface area (Å²) in [5.74, 6) is 1.33. The van der Waals surface area contributed by atoms with Crippen molar-refractivity contribution >= 4 is 35.0 Å². The van der Waals surface area contributed by atoms with Crippen LogP contribution in [0.2, 0.25) is 5.02 Å². The largest absolute Gasteiger partial charge is 0.461 e. The van der Waals surface area contributed by atoms with Crippen LogP contribution in [-0.4, -0.2) is 25.9 Å². The van der Waals surface area contributed by atoms with Gasteiger partial charge in [0.1, 0.15) is 0 Å². The zero-order chi connectivity index (χ0) is 20.2. The van der Waals surface area contributed by atoms with Gasteiger partial charge in [0.05, 0.1) is 11.5 Å². The van der Waals surface area contributed by atoms with Crippen LogP contribution in [0.1, 0.15) is 45.1 Å². The Kier molecular flexibility index (Phi) is 6.25. The van der Waals surface area contributed by atoms with Crippen LogP contribution in [0, 0.1) is 0 Å². The van der Waals surface area contributed by atoms with E-state index in [9.17, 15) is 4.79 Å². The quantitative estimate of drug-likeness (QED) is 0.499. The van der Waals surface area contributed by atoms with E-state index in [1.54, 1.807) is 18.4 Å². The number of nitrogens with one attached hydrogen (secondary N) is 1. The highest BCUT2D eigenvalue weighted by molar-refractivity contribution is 8.00. The summed E-state index contributed by atoms with van der Waals surface area (Å²) in [5, 5.41) is 12.7. The lowest BCUT2D eigenvalue weighted by molar-refractivity contribution is -0.115. The summed E-state index contributed by atoms with van der Waals surface area (Å²) in [6.45, 7) is 1.87. The molecule has 4 rings (SSSR count). The van der Waals surface area contributed by atoms with Gasteiger partial charge in [-0.25, -0.2) is 0 Å². The normalized spacial score (nSPS) is 15.9. The summed E-state index contributed by atoms with van der Waals surface area (Å²) in [6.07, 6.45) is 7.45. The molecule has 0 bridgehead atoms. The molecule has 0 saturated heterocycles. The van der Waals surface area contributed by atoms with Crippen molar-refractivity contribution in [2.24, 2.45) is 0 Å². The second-order valence-electron chi connectivity index (χ2n) is 7.20. The number of halogens is 1. The van der Waals surface area contributed by atoms with Crippen molar-refractivity contribution in [2.75, 3.05) is 5.32 Å². The maximum absolute atomic E-state index is 12.7. The van der Waals surface area contributed by atoms with Gasteiger partial charge in [-0.2, -0.15) is 0 Å². The summed E-state index contributed by atoms with van der Waals surface area (Å²) in [6, 6.07) is 11.2. The number of furan rings is 1. The first kappa shape index (κ1) is 20.0. The molecule has 29 heavy (non-hydrogen) atoms. The lowest BCUT2D eigenvalue weighted by atomic mass is 9.95. The van der Waals surface area contributed by atoms with E-state index in [0.29, 0.717) is 22.5 Å². The van der Waals surface area contributed by atoms with Crippen LogP contribution in [0.4, 0.5) is 5.69 Å². The molecule has 1 amide bonds. The summed E-state index contributed by atoms with van der Waals surface area (Å²) in [4.78, 5) is 12.7. The van der Waals surface area contributed by atoms with Crippen molar-refractivity contribution < 1.29 is 9.21 Å². The van der Waals surface area contributed by atoms with E-state index in [4.69, 9.17) is 16.0 Å². The van der Waals surface area contributed by atoms with Gasteiger partial charge in [-0.05, 0) is 50.1 Å². The molecule has 0 radical (unpaired) electrons. The molecule has 1 N–H and O–H groups in total. The number of carbonyl (C=O) groups is 1. The third-order valence-electron chi connectivity index (χ3n) is 5.09. The van der Waals surface area contributed by atoms with E-state index in [0.717, 1.165) is 23.8 Å². The average molecular weight is 431 g/mol. The molecule has 0 spiro atoms. The maximum atomic E-state index is 12.7. The van der Waals surface area contributed by atoms with Gasteiger partial charge in [0, 0.05) is 16.8 Å². The molecule has 8 heteroatoms. The van der Waals surface area contributed by atoms with Crippen molar-refractivity contribution in [3.05, 3.63) is 47.7 Å². The molecule has 1 saturated carbocycles. The average Bonchev–Trinajstić information content (AvgIpc) is 3.38. The minimum absolute atomic E-state index is 0.102. The fraction of sp³-hybridized carbons (Fsp3) is 0.381. The van der Waals surface area contributed by atoms with Gasteiger partial charge < -0.3 is 9.73 Å². The van der Waals surface area contributed by atoms with Crippen LogP contribution in [0.5, 0.6) is 0 Å². The zero-order valence-corrected chi connectivity index (χ0v) is 17.7. The molecule has 1 aromatic carbocycles. The second kappa shape index (κ2) is 9.05. The first-order valence-electron chi connectivity index (χ1n) is 9.83. The number of hydrogen-bond acceptors (Lipinski definition) is 5. The van der Waals surface area contributed by atoms with Crippen molar-refractivity contribution in [3.63, 3.8) is 0 Å². The highest BCUT2D eigenvalue weighted by atomic mass is 35.5. The SMILES string of the molecule is CC(Sc1nnc(-c2ccco2)n1C1CCCCC1)C(=O)Nc1cccc(Cl)c1. The number of amides is 1. The minimum atomic E-state index is -0.343. The standard InChI is InChI=1S/C21H23ClN4O2S/c1-14(20(27)23-16-8-5-7-15(22)13-16)29-21-25-24-19(18-11-6-12-28-18)26(21)17-9-3-2-4-10-17/h5-8,11-14,17H,2-4,9-10H2,1H3,(H,23,27). The van der Waals surface area contributed by atoms with E-state index in [1.807, 2.05) is 31.2 Å². The van der Waals surface area contributed by atoms with Gasteiger partial charge in [-0.3, -0.25) is 9.36 Å². The Balaban J connectivity index is 1.55. The van der Waals surface area contributed by atoms with Gasteiger partial charge in [0.2, 0.25) is 11.7 Å². The van der Waals surface area contributed by atoms with Crippen molar-refractivity contribution in [1.29, 1.82) is 0 Å². The molecule has 1 aliphatic rings. The van der Waals surface area contributed by atoms with Crippen LogP contribution < -0.4 is 5.32 Å². The molecule has 2 aromatic heterocycles. The number of hydrogen-bond donors (Lipinski definition) is 1. The Morgan fingerprint density at radius 1 is 1.24 bits per heavy atom. The highest BCUT2D eigenvalue weighted by Crippen LogP contribution is 2.36. The number of carbonyl (C=O) groups excluding carboxylic acids is 1. The number of rotatable bonds is 6. The van der Waals surface area contributed by atoms with Crippen LogP contribution in [0.25, 0.3) is 11.6 Å². The van der Waals surface area contributed by atoms with Crippen molar-refractivity contribution in [3.8, 4) is 11.6 Å². The van der Waals surface area contributed by atoms with Crippen molar-refractivity contribution in [1.82, 2.24) is 14.8 Å². The molecule has 1 unspecified atom stereocenters. The van der Waals surface area contributed by atoms with E-state index in [2.05, 4.69) is 20.1 Å². The first-order valence-corrected chi connectivity index (χ1v) is 11.1. The first-order chi connectivity index (χ1) is 14.1. The van der Waals surface area contributed by atoms with Crippen LogP contribution in [0.3, 0.4) is 0 Å². The van der Waals surface area contributed by atoms with Gasteiger partial charge in [-0.1, -0.05) is 48.7 Å². The molecule has 1 fully saturated rings. The molecule has 0 aliphatic heterocycles. The molecule has 3 aromatic rings. The number of nitrogens with zero attached hydrogens (tertiary/aromatic N) is 3. The third-order valence-corrected chi connectivity index (χ3v) is 6.38. The maximum Gasteiger partial charge on any atom is 0.237 e. The third kappa shape index (κ3) is 4.67. The fourth-order valence-corrected chi connectivity index (χ4v) is 4.73. The monoisotopic (exact) mass is 430 g/mol. The van der Waals surface area contributed by atoms with Gasteiger partial charge in [0.25, 0.3) is 0 Å². The van der Waals surface area contributed by atoms with Crippen LogP contribution in [-0.2, 0) is 4.79 Å². The zero-order valence-electron chi connectivity index (χ0n) is 16.2. The lowest BCUT2D eigenvalue weighted by Crippen LogP contribution is -2.23. The van der Waals surface area contributed by atoms with E-state index < -0.39 is 0 Å². The Morgan fingerprint density at radius 2 is 2.07 bits per heavy atom. The second-order valence-corrected chi connectivity index (χ2v) is 8.95. The molecule has 152 valence electrons. The molecule has 2 heterocycles. The van der Waals surface area contributed by atoms with Gasteiger partial charge in [-0.15, -0.1) is 10.2 Å². The van der Waals surface area contributed by atoms with Gasteiger partial charge >= 0.3 is 0 Å². The summed E-state index contributed by atoms with van der Waals surface area (Å²) >= 11 is 7.43. The summed E-state index contributed by atoms with van der Waals surface area (Å²) < 4.78 is 7.74. The van der Waals surface area contributed by atoms with Gasteiger partial charge in [0.15, 0.2) is 10.9 Å². The number of anilines is 1. The highest BCUT2D eigenvalue weighted by Gasteiger charge is 2.27. The molecule has 6 nitrogen and oxygen atoms in total. The van der Waals surface area contributed by atoms with E-state index in [-0.39, 0.29) is 11.2 Å². The number of aromatic nitrogens is 3. The Morgan fingerprint density at radius 3 is 2.79 bits per heavy atom. The van der Waals surface area contributed by atoms with E-state index in [1.165, 1.54) is 31.0 Å². The topological polar surface area (TPSA) is 73.0 Å². The minimum Gasteiger partial charge on any atom is -0.461 e. The predicted octanol–water partition coefficient (Wildman–Crippen LogP) is 5.82. The Hall–Kier alpha value is -2.25. The molecular weight excluding hydrogens is 408 g/mol. The smallest absolute Gasteiger partial charge is 0.237 e. The Labute approximate surface area is 179 Å². The molecule has 1 aliphatic carbocycles. The summed E-state index contributed by atoms with van der Waals surface area (Å²) in [5.41, 5.74) is 0.681. The number of benzene rings is 1. The van der Waals surface area contributed by atoms with Crippen LogP contribution in [0.15, 0.2) is 52.2 Å². The lowest BCUT2D eigenvalue weighted by Gasteiger charge is -2.25.